The third-order valence-corrected chi connectivity index (χ3v) is 4.70. The number of ether oxygens (including phenoxy) is 1. The van der Waals surface area contributed by atoms with E-state index in [9.17, 15) is 10.2 Å². The molecule has 0 aliphatic carbocycles. The highest BCUT2D eigenvalue weighted by Crippen LogP contribution is 2.34. The fourth-order valence-electron chi connectivity index (χ4n) is 3.10. The van der Waals surface area contributed by atoms with Crippen LogP contribution in [0.3, 0.4) is 0 Å². The Labute approximate surface area is 159 Å². The van der Waals surface area contributed by atoms with Gasteiger partial charge in [-0.1, -0.05) is 60.7 Å². The van der Waals surface area contributed by atoms with Crippen LogP contribution in [0, 0.1) is 0 Å². The van der Waals surface area contributed by atoms with Gasteiger partial charge >= 0.3 is 0 Å². The van der Waals surface area contributed by atoms with Gasteiger partial charge in [0, 0.05) is 11.8 Å². The molecule has 138 valence electrons. The minimum Gasteiger partial charge on any atom is -0.507 e. The van der Waals surface area contributed by atoms with Gasteiger partial charge in [-0.15, -0.1) is 0 Å². The normalized spacial score (nSPS) is 12.9. The molecular formula is C23H23NO3. The molecule has 0 saturated heterocycles. The van der Waals surface area contributed by atoms with Crippen LogP contribution < -0.4 is 4.74 Å². The minimum atomic E-state index is -1.30. The lowest BCUT2D eigenvalue weighted by Crippen LogP contribution is -2.38. The van der Waals surface area contributed by atoms with E-state index in [0.717, 1.165) is 11.1 Å². The van der Waals surface area contributed by atoms with Gasteiger partial charge in [-0.2, -0.15) is 0 Å². The molecule has 0 spiro atoms. The fourth-order valence-corrected chi connectivity index (χ4v) is 3.10. The molecule has 0 bridgehead atoms. The van der Waals surface area contributed by atoms with E-state index in [2.05, 4.69) is 4.99 Å². The van der Waals surface area contributed by atoms with Gasteiger partial charge in [-0.25, -0.2) is 0 Å². The van der Waals surface area contributed by atoms with Crippen molar-refractivity contribution in [2.75, 3.05) is 7.11 Å². The van der Waals surface area contributed by atoms with Gasteiger partial charge < -0.3 is 14.9 Å². The molecule has 27 heavy (non-hydrogen) atoms. The monoisotopic (exact) mass is 361 g/mol. The average molecular weight is 361 g/mol. The van der Waals surface area contributed by atoms with E-state index >= 15 is 0 Å². The summed E-state index contributed by atoms with van der Waals surface area (Å²) in [6, 6.07) is 23.4. The van der Waals surface area contributed by atoms with E-state index in [-0.39, 0.29) is 5.75 Å². The van der Waals surface area contributed by atoms with Crippen molar-refractivity contribution >= 4 is 6.21 Å². The van der Waals surface area contributed by atoms with Gasteiger partial charge in [0.15, 0.2) is 0 Å². The predicted molar refractivity (Wildman–Crippen MR) is 108 cm³/mol. The Hall–Kier alpha value is -3.11. The minimum absolute atomic E-state index is 0.106. The van der Waals surface area contributed by atoms with Crippen LogP contribution in [0.15, 0.2) is 83.9 Å². The molecule has 0 saturated carbocycles. The SMILES string of the molecule is COc1ccc(O)c(C=NC(C)C(O)(c2ccccc2)c2ccccc2)c1. The van der Waals surface area contributed by atoms with Crippen LogP contribution in [0.25, 0.3) is 0 Å². The molecule has 0 radical (unpaired) electrons. The molecule has 4 heteroatoms. The van der Waals surface area contributed by atoms with Crippen molar-refractivity contribution in [1.29, 1.82) is 0 Å². The Bertz CT molecular complexity index is 868. The van der Waals surface area contributed by atoms with Crippen LogP contribution in [0.5, 0.6) is 11.5 Å². The van der Waals surface area contributed by atoms with E-state index in [0.29, 0.717) is 11.3 Å². The molecule has 1 unspecified atom stereocenters. The molecule has 2 N–H and O–H groups in total. The van der Waals surface area contributed by atoms with Crippen LogP contribution in [0.1, 0.15) is 23.6 Å². The van der Waals surface area contributed by atoms with E-state index in [1.807, 2.05) is 67.6 Å². The van der Waals surface area contributed by atoms with Gasteiger partial charge in [0.2, 0.25) is 0 Å². The molecule has 0 fully saturated rings. The maximum atomic E-state index is 11.7. The summed E-state index contributed by atoms with van der Waals surface area (Å²) in [7, 11) is 1.57. The third-order valence-electron chi connectivity index (χ3n) is 4.70. The van der Waals surface area contributed by atoms with Crippen molar-refractivity contribution in [3.05, 3.63) is 95.6 Å². The lowest BCUT2D eigenvalue weighted by molar-refractivity contribution is 0.0589. The van der Waals surface area contributed by atoms with Crippen molar-refractivity contribution < 1.29 is 14.9 Å². The third kappa shape index (κ3) is 3.86. The zero-order chi connectivity index (χ0) is 19.3. The Kier molecular flexibility index (Phi) is 5.57. The first-order valence-corrected chi connectivity index (χ1v) is 8.79. The summed E-state index contributed by atoms with van der Waals surface area (Å²) in [5, 5.41) is 21.7. The first kappa shape index (κ1) is 18.7. The van der Waals surface area contributed by atoms with E-state index < -0.39 is 11.6 Å². The molecule has 3 aromatic rings. The van der Waals surface area contributed by atoms with Gasteiger partial charge in [0.1, 0.15) is 17.1 Å². The first-order chi connectivity index (χ1) is 13.1. The number of methoxy groups -OCH3 is 1. The second kappa shape index (κ2) is 8.06. The molecule has 4 nitrogen and oxygen atoms in total. The number of nitrogens with zero attached hydrogens (tertiary/aromatic N) is 1. The first-order valence-electron chi connectivity index (χ1n) is 8.79. The lowest BCUT2D eigenvalue weighted by atomic mass is 9.81. The summed E-state index contributed by atoms with van der Waals surface area (Å²) in [5.41, 5.74) is 0.754. The van der Waals surface area contributed by atoms with Crippen LogP contribution in [-0.4, -0.2) is 29.6 Å². The largest absolute Gasteiger partial charge is 0.507 e. The van der Waals surface area contributed by atoms with Crippen molar-refractivity contribution in [2.45, 2.75) is 18.6 Å². The second-order valence-electron chi connectivity index (χ2n) is 6.38. The molecular weight excluding hydrogens is 338 g/mol. The topological polar surface area (TPSA) is 62.0 Å². The maximum Gasteiger partial charge on any atom is 0.137 e. The quantitative estimate of drug-likeness (QED) is 0.649. The van der Waals surface area contributed by atoms with E-state index in [1.54, 1.807) is 31.5 Å². The van der Waals surface area contributed by atoms with Crippen LogP contribution >= 0.6 is 0 Å². The molecule has 0 aliphatic rings. The fraction of sp³-hybridized carbons (Fsp3) is 0.174. The predicted octanol–water partition coefficient (Wildman–Crippen LogP) is 4.14. The molecule has 0 heterocycles. The summed E-state index contributed by atoms with van der Waals surface area (Å²) in [4.78, 5) is 4.56. The molecule has 0 aliphatic heterocycles. The highest BCUT2D eigenvalue weighted by atomic mass is 16.5. The second-order valence-corrected chi connectivity index (χ2v) is 6.38. The van der Waals surface area contributed by atoms with Gasteiger partial charge in [-0.3, -0.25) is 4.99 Å². The Morgan fingerprint density at radius 2 is 1.48 bits per heavy atom. The maximum absolute atomic E-state index is 11.7. The number of hydrogen-bond acceptors (Lipinski definition) is 4. The van der Waals surface area contributed by atoms with E-state index in [4.69, 9.17) is 4.74 Å². The molecule has 3 aromatic carbocycles. The van der Waals surface area contributed by atoms with Gasteiger partial charge in [0.25, 0.3) is 0 Å². The highest BCUT2D eigenvalue weighted by Gasteiger charge is 2.37. The average Bonchev–Trinajstić information content (AvgIpc) is 2.73. The molecule has 0 aromatic heterocycles. The smallest absolute Gasteiger partial charge is 0.137 e. The number of aromatic hydroxyl groups is 1. The summed E-state index contributed by atoms with van der Waals surface area (Å²) in [5.74, 6) is 0.734. The Morgan fingerprint density at radius 1 is 0.926 bits per heavy atom. The summed E-state index contributed by atoms with van der Waals surface area (Å²) in [6.45, 7) is 1.85. The van der Waals surface area contributed by atoms with Gasteiger partial charge in [-0.05, 0) is 36.2 Å². The Balaban J connectivity index is 2.01. The van der Waals surface area contributed by atoms with Crippen molar-refractivity contribution in [3.63, 3.8) is 0 Å². The van der Waals surface area contributed by atoms with Crippen molar-refractivity contribution in [1.82, 2.24) is 0 Å². The zero-order valence-electron chi connectivity index (χ0n) is 15.4. The van der Waals surface area contributed by atoms with Gasteiger partial charge in [0.05, 0.1) is 13.2 Å². The standard InChI is InChI=1S/C23H23NO3/c1-17(24-16-18-15-21(27-2)13-14-22(18)25)23(26,19-9-5-3-6-10-19)20-11-7-4-8-12-20/h3-17,25-26H,1-2H3. The number of aliphatic hydroxyl groups is 1. The molecule has 0 amide bonds. The number of benzene rings is 3. The Morgan fingerprint density at radius 3 is 2.00 bits per heavy atom. The zero-order valence-corrected chi connectivity index (χ0v) is 15.4. The number of phenols is 1. The summed E-state index contributed by atoms with van der Waals surface area (Å²) in [6.07, 6.45) is 1.57. The van der Waals surface area contributed by atoms with Crippen LogP contribution in [0.2, 0.25) is 0 Å². The van der Waals surface area contributed by atoms with E-state index in [1.165, 1.54) is 0 Å². The molecule has 1 atom stereocenters. The number of phenolic OH excluding ortho intramolecular Hbond substituents is 1. The number of rotatable bonds is 6. The molecule has 3 rings (SSSR count). The van der Waals surface area contributed by atoms with Crippen molar-refractivity contribution in [3.8, 4) is 11.5 Å². The summed E-state index contributed by atoms with van der Waals surface area (Å²) < 4.78 is 5.20. The number of aliphatic imine (C=N–C) groups is 1. The highest BCUT2D eigenvalue weighted by molar-refractivity contribution is 5.84. The summed E-state index contributed by atoms with van der Waals surface area (Å²) >= 11 is 0. The number of hydrogen-bond donors (Lipinski definition) is 2. The van der Waals surface area contributed by atoms with Crippen LogP contribution in [-0.2, 0) is 5.60 Å². The lowest BCUT2D eigenvalue weighted by Gasteiger charge is -2.33. The van der Waals surface area contributed by atoms with Crippen LogP contribution in [0.4, 0.5) is 0 Å². The van der Waals surface area contributed by atoms with Crippen molar-refractivity contribution in [2.24, 2.45) is 4.99 Å².